The second-order valence-corrected chi connectivity index (χ2v) is 3.37. The lowest BCUT2D eigenvalue weighted by molar-refractivity contribution is -0.385. The molecule has 0 aliphatic carbocycles. The largest absolute Gasteiger partial charge is 0.496 e. The molecule has 17 heavy (non-hydrogen) atoms. The number of nitro groups is 1. The number of rotatable bonds is 5. The van der Waals surface area contributed by atoms with Crippen molar-refractivity contribution in [1.82, 2.24) is 5.32 Å². The van der Waals surface area contributed by atoms with E-state index in [-0.39, 0.29) is 17.0 Å². The van der Waals surface area contributed by atoms with E-state index in [0.29, 0.717) is 6.54 Å². The normalized spacial score (nSPS) is 9.76. The average molecular weight is 238 g/mol. The van der Waals surface area contributed by atoms with Gasteiger partial charge in [-0.3, -0.25) is 14.9 Å². The molecule has 0 saturated carbocycles. The monoisotopic (exact) mass is 238 g/mol. The average Bonchev–Trinajstić information content (AvgIpc) is 2.34. The molecule has 0 saturated heterocycles. The summed E-state index contributed by atoms with van der Waals surface area (Å²) in [7, 11) is 1.37. The van der Waals surface area contributed by atoms with Crippen molar-refractivity contribution in [2.45, 2.75) is 13.3 Å². The van der Waals surface area contributed by atoms with Gasteiger partial charge in [0.05, 0.1) is 12.0 Å². The zero-order chi connectivity index (χ0) is 12.8. The summed E-state index contributed by atoms with van der Waals surface area (Å²) in [4.78, 5) is 22.1. The first-order valence-corrected chi connectivity index (χ1v) is 5.21. The van der Waals surface area contributed by atoms with Crippen LogP contribution in [-0.4, -0.2) is 24.5 Å². The van der Waals surface area contributed by atoms with Crippen LogP contribution in [0, 0.1) is 10.1 Å². The molecule has 0 aliphatic heterocycles. The van der Waals surface area contributed by atoms with Gasteiger partial charge in [0.1, 0.15) is 5.75 Å². The van der Waals surface area contributed by atoms with Crippen molar-refractivity contribution in [3.05, 3.63) is 33.9 Å². The fourth-order valence-electron chi connectivity index (χ4n) is 1.40. The fourth-order valence-corrected chi connectivity index (χ4v) is 1.40. The standard InChI is InChI=1S/C11H14N2O4/c1-3-7-12-11(14)10-8(13(15)16)5-4-6-9(10)17-2/h4-6H,3,7H2,1-2H3,(H,12,14). The molecule has 0 fully saturated rings. The van der Waals surface area contributed by atoms with Crippen LogP contribution in [-0.2, 0) is 0 Å². The van der Waals surface area contributed by atoms with Gasteiger partial charge in [-0.05, 0) is 12.5 Å². The first-order valence-electron chi connectivity index (χ1n) is 5.21. The molecule has 0 aliphatic rings. The van der Waals surface area contributed by atoms with E-state index in [1.54, 1.807) is 0 Å². The fraction of sp³-hybridized carbons (Fsp3) is 0.364. The van der Waals surface area contributed by atoms with E-state index in [9.17, 15) is 14.9 Å². The maximum Gasteiger partial charge on any atom is 0.285 e. The molecule has 0 bridgehead atoms. The van der Waals surface area contributed by atoms with E-state index in [2.05, 4.69) is 5.32 Å². The molecule has 1 rings (SSSR count). The molecule has 0 radical (unpaired) electrons. The molecule has 1 aromatic rings. The third-order valence-corrected chi connectivity index (χ3v) is 2.18. The number of hydrogen-bond donors (Lipinski definition) is 1. The Morgan fingerprint density at radius 2 is 2.24 bits per heavy atom. The Morgan fingerprint density at radius 3 is 2.76 bits per heavy atom. The van der Waals surface area contributed by atoms with Crippen LogP contribution < -0.4 is 10.1 Å². The molecular formula is C11H14N2O4. The highest BCUT2D eigenvalue weighted by atomic mass is 16.6. The molecule has 1 amide bonds. The molecule has 0 atom stereocenters. The Kier molecular flexibility index (Phi) is 4.45. The minimum Gasteiger partial charge on any atom is -0.496 e. The van der Waals surface area contributed by atoms with Gasteiger partial charge in [0, 0.05) is 12.6 Å². The zero-order valence-corrected chi connectivity index (χ0v) is 9.73. The van der Waals surface area contributed by atoms with Crippen LogP contribution in [0.2, 0.25) is 0 Å². The number of ether oxygens (including phenoxy) is 1. The van der Waals surface area contributed by atoms with Gasteiger partial charge in [0.2, 0.25) is 0 Å². The number of nitrogens with zero attached hydrogens (tertiary/aromatic N) is 1. The number of amides is 1. The number of benzene rings is 1. The first-order chi connectivity index (χ1) is 8.11. The molecule has 6 nitrogen and oxygen atoms in total. The second kappa shape index (κ2) is 5.83. The molecule has 0 unspecified atom stereocenters. The Morgan fingerprint density at radius 1 is 1.53 bits per heavy atom. The smallest absolute Gasteiger partial charge is 0.285 e. The van der Waals surface area contributed by atoms with E-state index in [0.717, 1.165) is 6.42 Å². The lowest BCUT2D eigenvalue weighted by Gasteiger charge is -2.08. The van der Waals surface area contributed by atoms with Crippen LogP contribution in [0.1, 0.15) is 23.7 Å². The second-order valence-electron chi connectivity index (χ2n) is 3.37. The van der Waals surface area contributed by atoms with E-state index in [1.807, 2.05) is 6.92 Å². The van der Waals surface area contributed by atoms with Crippen molar-refractivity contribution in [1.29, 1.82) is 0 Å². The van der Waals surface area contributed by atoms with E-state index >= 15 is 0 Å². The predicted molar refractivity (Wildman–Crippen MR) is 62.3 cm³/mol. The highest BCUT2D eigenvalue weighted by Crippen LogP contribution is 2.27. The van der Waals surface area contributed by atoms with Crippen LogP contribution in [0.25, 0.3) is 0 Å². The summed E-state index contributed by atoms with van der Waals surface area (Å²) in [6.45, 7) is 2.37. The van der Waals surface area contributed by atoms with Crippen molar-refractivity contribution >= 4 is 11.6 Å². The Hall–Kier alpha value is -2.11. The third-order valence-electron chi connectivity index (χ3n) is 2.18. The van der Waals surface area contributed by atoms with Gasteiger partial charge in [-0.15, -0.1) is 0 Å². The summed E-state index contributed by atoms with van der Waals surface area (Å²) < 4.78 is 4.97. The summed E-state index contributed by atoms with van der Waals surface area (Å²) in [6, 6.07) is 4.28. The quantitative estimate of drug-likeness (QED) is 0.625. The number of methoxy groups -OCH3 is 1. The minimum atomic E-state index is -0.594. The van der Waals surface area contributed by atoms with Crippen molar-refractivity contribution in [3.8, 4) is 5.75 Å². The maximum atomic E-state index is 11.8. The van der Waals surface area contributed by atoms with Crippen LogP contribution in [0.4, 0.5) is 5.69 Å². The lowest BCUT2D eigenvalue weighted by Crippen LogP contribution is -2.25. The van der Waals surface area contributed by atoms with Gasteiger partial charge < -0.3 is 10.1 Å². The third kappa shape index (κ3) is 2.93. The lowest BCUT2D eigenvalue weighted by atomic mass is 10.1. The molecule has 0 aromatic heterocycles. The highest BCUT2D eigenvalue weighted by molar-refractivity contribution is 6.00. The Bertz CT molecular complexity index is 431. The number of carbonyl (C=O) groups is 1. The van der Waals surface area contributed by atoms with Crippen molar-refractivity contribution in [2.24, 2.45) is 0 Å². The minimum absolute atomic E-state index is 0.0338. The molecule has 0 heterocycles. The number of nitrogens with one attached hydrogen (secondary N) is 1. The summed E-state index contributed by atoms with van der Waals surface area (Å²) in [5, 5.41) is 13.4. The van der Waals surface area contributed by atoms with E-state index < -0.39 is 10.8 Å². The Balaban J connectivity index is 3.17. The number of carbonyl (C=O) groups excluding carboxylic acids is 1. The molecule has 6 heteroatoms. The first kappa shape index (κ1) is 13.0. The van der Waals surface area contributed by atoms with Gasteiger partial charge in [0.25, 0.3) is 11.6 Å². The van der Waals surface area contributed by atoms with Crippen molar-refractivity contribution in [3.63, 3.8) is 0 Å². The summed E-state index contributed by atoms with van der Waals surface area (Å²) >= 11 is 0. The van der Waals surface area contributed by atoms with Gasteiger partial charge >= 0.3 is 0 Å². The van der Waals surface area contributed by atoms with E-state index in [1.165, 1.54) is 25.3 Å². The highest BCUT2D eigenvalue weighted by Gasteiger charge is 2.24. The van der Waals surface area contributed by atoms with Crippen LogP contribution in [0.3, 0.4) is 0 Å². The zero-order valence-electron chi connectivity index (χ0n) is 9.73. The van der Waals surface area contributed by atoms with Crippen LogP contribution in [0.5, 0.6) is 5.75 Å². The van der Waals surface area contributed by atoms with Crippen LogP contribution in [0.15, 0.2) is 18.2 Å². The summed E-state index contributed by atoms with van der Waals surface area (Å²) in [5.41, 5.74) is -0.286. The van der Waals surface area contributed by atoms with E-state index in [4.69, 9.17) is 4.74 Å². The molecule has 92 valence electrons. The number of hydrogen-bond acceptors (Lipinski definition) is 4. The molecule has 0 spiro atoms. The molecular weight excluding hydrogens is 224 g/mol. The van der Waals surface area contributed by atoms with Crippen molar-refractivity contribution in [2.75, 3.05) is 13.7 Å². The molecule has 1 aromatic carbocycles. The summed E-state index contributed by atoms with van der Waals surface area (Å²) in [5.74, 6) is -0.288. The maximum absolute atomic E-state index is 11.8. The predicted octanol–water partition coefficient (Wildman–Crippen LogP) is 1.74. The topological polar surface area (TPSA) is 81.5 Å². The van der Waals surface area contributed by atoms with Gasteiger partial charge in [-0.25, -0.2) is 0 Å². The number of nitro benzene ring substituents is 1. The summed E-state index contributed by atoms with van der Waals surface area (Å²) in [6.07, 6.45) is 0.759. The van der Waals surface area contributed by atoms with Crippen molar-refractivity contribution < 1.29 is 14.5 Å². The van der Waals surface area contributed by atoms with Gasteiger partial charge in [-0.2, -0.15) is 0 Å². The van der Waals surface area contributed by atoms with Gasteiger partial charge in [-0.1, -0.05) is 13.0 Å². The SMILES string of the molecule is CCCNC(=O)c1c(OC)cccc1[N+](=O)[O-]. The van der Waals surface area contributed by atoms with Crippen LogP contribution >= 0.6 is 0 Å². The van der Waals surface area contributed by atoms with Gasteiger partial charge in [0.15, 0.2) is 5.56 Å². The Labute approximate surface area is 98.7 Å². The molecule has 1 N–H and O–H groups in total.